The molecule has 134 valence electrons. The Hall–Kier alpha value is -3.68. The van der Waals surface area contributed by atoms with E-state index >= 15 is 0 Å². The van der Waals surface area contributed by atoms with Gasteiger partial charge in [0.25, 0.3) is 0 Å². The van der Waals surface area contributed by atoms with E-state index in [1.807, 2.05) is 12.1 Å². The minimum atomic E-state index is -0.880. The molecule has 0 radical (unpaired) electrons. The van der Waals surface area contributed by atoms with Crippen LogP contribution >= 0.6 is 0 Å². The van der Waals surface area contributed by atoms with Crippen molar-refractivity contribution in [2.75, 3.05) is 13.2 Å². The van der Waals surface area contributed by atoms with Crippen molar-refractivity contribution >= 4 is 23.9 Å². The normalized spacial score (nSPS) is 11.7. The monoisotopic (exact) mass is 354 g/mol. The smallest absolute Gasteiger partial charge is 0.435 e. The van der Waals surface area contributed by atoms with Gasteiger partial charge in [-0.3, -0.25) is 0 Å². The Balaban J connectivity index is 1.74. The molecule has 2 amide bonds. The highest BCUT2D eigenvalue weighted by Gasteiger charge is 2.06. The topological polar surface area (TPSA) is 129 Å². The van der Waals surface area contributed by atoms with Gasteiger partial charge in [0.2, 0.25) is 0 Å². The molecule has 0 unspecified atom stereocenters. The first kappa shape index (κ1) is 18.7. The van der Waals surface area contributed by atoms with Crippen LogP contribution in [0.4, 0.5) is 9.59 Å². The third-order valence-electron chi connectivity index (χ3n) is 3.10. The molecule has 0 aliphatic rings. The Kier molecular flexibility index (Phi) is 6.87. The number of nitrogens with two attached hydrogens (primary N) is 2. The Morgan fingerprint density at radius 2 is 1.04 bits per heavy atom. The van der Waals surface area contributed by atoms with Gasteiger partial charge in [-0.25, -0.2) is 9.59 Å². The summed E-state index contributed by atoms with van der Waals surface area (Å²) in [6.45, 7) is -0.367. The highest BCUT2D eigenvalue weighted by molar-refractivity contribution is 6.03. The molecule has 0 saturated heterocycles. The fourth-order valence-corrected chi connectivity index (χ4v) is 1.87. The number of hydrogen-bond acceptors (Lipinski definition) is 4. The van der Waals surface area contributed by atoms with Crippen LogP contribution in [0.3, 0.4) is 0 Å². The number of ether oxygens (including phenoxy) is 2. The maximum Gasteiger partial charge on any atom is 0.435 e. The van der Waals surface area contributed by atoms with Crippen LogP contribution in [0.15, 0.2) is 70.6 Å². The largest absolute Gasteiger partial charge is 0.444 e. The summed E-state index contributed by atoms with van der Waals surface area (Å²) in [5.74, 6) is 0.0701. The van der Waals surface area contributed by atoms with E-state index in [1.165, 1.54) is 0 Å². The van der Waals surface area contributed by atoms with Crippen molar-refractivity contribution < 1.29 is 19.1 Å². The molecule has 0 heterocycles. The van der Waals surface area contributed by atoms with E-state index < -0.39 is 12.2 Å². The van der Waals surface area contributed by atoms with Gasteiger partial charge in [-0.05, 0) is 0 Å². The number of nitrogens with zero attached hydrogens (tertiary/aromatic N) is 2. The second-order valence-corrected chi connectivity index (χ2v) is 4.95. The molecule has 0 atom stereocenters. The minimum absolute atomic E-state index is 0.0350. The Morgan fingerprint density at radius 1 is 0.692 bits per heavy atom. The van der Waals surface area contributed by atoms with E-state index in [1.54, 1.807) is 48.5 Å². The second-order valence-electron chi connectivity index (χ2n) is 4.95. The van der Waals surface area contributed by atoms with Crippen LogP contribution in [0.25, 0.3) is 0 Å². The van der Waals surface area contributed by atoms with Crippen molar-refractivity contribution in [1.29, 1.82) is 0 Å². The quantitative estimate of drug-likeness (QED) is 0.480. The highest BCUT2D eigenvalue weighted by Crippen LogP contribution is 2.00. The molecule has 2 aromatic carbocycles. The SMILES string of the molecule is N/C(=N\C(=O)OCCOC(=O)/N=C(/N)c1ccccc1)c1ccccc1. The number of benzene rings is 2. The molecule has 0 aromatic heterocycles. The molecule has 8 heteroatoms. The molecule has 0 aliphatic carbocycles. The minimum Gasteiger partial charge on any atom is -0.444 e. The first-order chi connectivity index (χ1) is 12.6. The van der Waals surface area contributed by atoms with E-state index in [0.29, 0.717) is 11.1 Å². The lowest BCUT2D eigenvalue weighted by Gasteiger charge is -2.04. The molecule has 0 saturated carbocycles. The summed E-state index contributed by atoms with van der Waals surface area (Å²) in [6, 6.07) is 17.5. The summed E-state index contributed by atoms with van der Waals surface area (Å²) in [4.78, 5) is 30.3. The van der Waals surface area contributed by atoms with Gasteiger partial charge in [-0.1, -0.05) is 60.7 Å². The van der Waals surface area contributed by atoms with Crippen LogP contribution in [-0.4, -0.2) is 37.1 Å². The zero-order chi connectivity index (χ0) is 18.8. The first-order valence-electron chi connectivity index (χ1n) is 7.69. The van der Waals surface area contributed by atoms with Gasteiger partial charge >= 0.3 is 12.2 Å². The Morgan fingerprint density at radius 3 is 1.38 bits per heavy atom. The van der Waals surface area contributed by atoms with E-state index in [2.05, 4.69) is 9.98 Å². The maximum atomic E-state index is 11.6. The predicted molar refractivity (Wildman–Crippen MR) is 97.0 cm³/mol. The molecule has 0 fully saturated rings. The van der Waals surface area contributed by atoms with Crippen LogP contribution in [0.1, 0.15) is 11.1 Å². The van der Waals surface area contributed by atoms with Crippen molar-refractivity contribution in [3.8, 4) is 0 Å². The molecule has 0 aliphatic heterocycles. The first-order valence-corrected chi connectivity index (χ1v) is 7.69. The molecular formula is C18H18N4O4. The number of hydrogen-bond donors (Lipinski definition) is 2. The van der Waals surface area contributed by atoms with E-state index in [4.69, 9.17) is 20.9 Å². The molecule has 0 bridgehead atoms. The fraction of sp³-hybridized carbons (Fsp3) is 0.111. The zero-order valence-electron chi connectivity index (χ0n) is 13.9. The van der Waals surface area contributed by atoms with Crippen molar-refractivity contribution in [3.63, 3.8) is 0 Å². The van der Waals surface area contributed by atoms with E-state index in [-0.39, 0.29) is 24.9 Å². The van der Waals surface area contributed by atoms with Crippen molar-refractivity contribution in [2.24, 2.45) is 21.5 Å². The van der Waals surface area contributed by atoms with Crippen LogP contribution in [-0.2, 0) is 9.47 Å². The molecule has 2 rings (SSSR count). The highest BCUT2D eigenvalue weighted by atomic mass is 16.6. The Labute approximate surface area is 150 Å². The number of amidine groups is 2. The van der Waals surface area contributed by atoms with Crippen LogP contribution in [0.2, 0.25) is 0 Å². The Bertz CT molecular complexity index is 735. The number of carbonyl (C=O) groups excluding carboxylic acids is 2. The van der Waals surface area contributed by atoms with Crippen molar-refractivity contribution in [1.82, 2.24) is 0 Å². The van der Waals surface area contributed by atoms with Gasteiger partial charge < -0.3 is 20.9 Å². The lowest BCUT2D eigenvalue weighted by Crippen LogP contribution is -2.18. The standard InChI is InChI=1S/C18H18N4O4/c19-15(13-7-3-1-4-8-13)21-17(23)25-11-12-26-18(24)22-16(20)14-9-5-2-6-10-14/h1-10H,11-12H2,(H2,19,21,23)(H2,20,22,24). The molecule has 8 nitrogen and oxygen atoms in total. The van der Waals surface area contributed by atoms with Crippen molar-refractivity contribution in [3.05, 3.63) is 71.8 Å². The predicted octanol–water partition coefficient (Wildman–Crippen LogP) is 2.07. The summed E-state index contributed by atoms with van der Waals surface area (Å²) >= 11 is 0. The van der Waals surface area contributed by atoms with E-state index in [9.17, 15) is 9.59 Å². The molecule has 26 heavy (non-hydrogen) atoms. The summed E-state index contributed by atoms with van der Waals surface area (Å²) in [5, 5.41) is 0. The van der Waals surface area contributed by atoms with Gasteiger partial charge in [0.15, 0.2) is 0 Å². The number of rotatable bonds is 5. The molecular weight excluding hydrogens is 336 g/mol. The summed E-state index contributed by atoms with van der Waals surface area (Å²) in [5.41, 5.74) is 12.6. The van der Waals surface area contributed by atoms with Gasteiger partial charge in [0.1, 0.15) is 24.9 Å². The summed E-state index contributed by atoms with van der Waals surface area (Å²) in [7, 11) is 0. The average Bonchev–Trinajstić information content (AvgIpc) is 2.66. The molecule has 4 N–H and O–H groups in total. The lowest BCUT2D eigenvalue weighted by atomic mass is 10.2. The molecule has 2 aromatic rings. The van der Waals surface area contributed by atoms with Crippen LogP contribution in [0.5, 0.6) is 0 Å². The summed E-state index contributed by atoms with van der Waals surface area (Å²) in [6.07, 6.45) is -1.76. The summed E-state index contributed by atoms with van der Waals surface area (Å²) < 4.78 is 9.62. The number of amides is 2. The second kappa shape index (κ2) is 9.58. The van der Waals surface area contributed by atoms with Gasteiger partial charge in [0, 0.05) is 11.1 Å². The van der Waals surface area contributed by atoms with Crippen LogP contribution < -0.4 is 11.5 Å². The maximum absolute atomic E-state index is 11.6. The van der Waals surface area contributed by atoms with Gasteiger partial charge in [-0.2, -0.15) is 9.98 Å². The average molecular weight is 354 g/mol. The zero-order valence-corrected chi connectivity index (χ0v) is 13.9. The van der Waals surface area contributed by atoms with E-state index in [0.717, 1.165) is 0 Å². The number of carbonyl (C=O) groups is 2. The third kappa shape index (κ3) is 6.08. The van der Waals surface area contributed by atoms with Crippen molar-refractivity contribution in [2.45, 2.75) is 0 Å². The van der Waals surface area contributed by atoms with Crippen LogP contribution in [0, 0.1) is 0 Å². The molecule has 0 spiro atoms. The van der Waals surface area contributed by atoms with Gasteiger partial charge in [0.05, 0.1) is 0 Å². The number of aliphatic imine (C=N–C) groups is 2. The lowest BCUT2D eigenvalue weighted by molar-refractivity contribution is 0.106. The third-order valence-corrected chi connectivity index (χ3v) is 3.10. The fourth-order valence-electron chi connectivity index (χ4n) is 1.87. The van der Waals surface area contributed by atoms with Gasteiger partial charge in [-0.15, -0.1) is 0 Å².